The zero-order chi connectivity index (χ0) is 14.7. The van der Waals surface area contributed by atoms with Crippen LogP contribution < -0.4 is 11.1 Å². The second kappa shape index (κ2) is 6.24. The van der Waals surface area contributed by atoms with Gasteiger partial charge >= 0.3 is 0 Å². The maximum atomic E-state index is 12.2. The minimum absolute atomic E-state index is 0.0646. The monoisotopic (exact) mass is 277 g/mol. The Morgan fingerprint density at radius 3 is 2.75 bits per heavy atom. The second-order valence-corrected chi connectivity index (χ2v) is 5.68. The number of nitrogen functional groups attached to an aromatic ring is 1. The molecule has 2 rings (SSSR count). The molecule has 4 N–H and O–H groups in total. The van der Waals surface area contributed by atoms with Gasteiger partial charge < -0.3 is 16.2 Å². The van der Waals surface area contributed by atoms with Gasteiger partial charge in [-0.15, -0.1) is 0 Å². The highest BCUT2D eigenvalue weighted by Crippen LogP contribution is 2.28. The number of benzene rings is 1. The summed E-state index contributed by atoms with van der Waals surface area (Å²) in [5.74, 6) is 0.428. The van der Waals surface area contributed by atoms with Crippen LogP contribution in [0.2, 0.25) is 0 Å². The largest absolute Gasteiger partial charge is 0.397 e. The number of rotatable bonds is 5. The highest BCUT2D eigenvalue weighted by Gasteiger charge is 2.30. The van der Waals surface area contributed by atoms with Crippen molar-refractivity contribution >= 4 is 17.3 Å². The van der Waals surface area contributed by atoms with Gasteiger partial charge in [0.05, 0.1) is 23.5 Å². The number of carbonyl (C=O) groups is 1. The van der Waals surface area contributed by atoms with Gasteiger partial charge in [0, 0.05) is 6.54 Å². The van der Waals surface area contributed by atoms with Crippen molar-refractivity contribution in [1.29, 1.82) is 0 Å². The lowest BCUT2D eigenvalue weighted by molar-refractivity contribution is -0.120. The Bertz CT molecular complexity index is 472. The topological polar surface area (TPSA) is 78.6 Å². The van der Waals surface area contributed by atoms with Crippen LogP contribution in [0, 0.1) is 5.92 Å². The lowest BCUT2D eigenvalue weighted by Crippen LogP contribution is -2.45. The first-order chi connectivity index (χ1) is 9.47. The summed E-state index contributed by atoms with van der Waals surface area (Å²) >= 11 is 0. The van der Waals surface area contributed by atoms with Gasteiger partial charge in [0.2, 0.25) is 5.91 Å². The quantitative estimate of drug-likeness (QED) is 0.709. The van der Waals surface area contributed by atoms with Crippen molar-refractivity contribution < 1.29 is 9.90 Å². The summed E-state index contributed by atoms with van der Waals surface area (Å²) < 4.78 is 0. The van der Waals surface area contributed by atoms with Gasteiger partial charge in [-0.05, 0) is 44.9 Å². The van der Waals surface area contributed by atoms with Crippen molar-refractivity contribution in [2.45, 2.75) is 31.9 Å². The number of hydrogen-bond donors (Lipinski definition) is 3. The van der Waals surface area contributed by atoms with Crippen LogP contribution in [-0.4, -0.2) is 41.7 Å². The molecule has 0 spiro atoms. The number of carbonyl (C=O) groups excluding carboxylic acids is 1. The van der Waals surface area contributed by atoms with Crippen molar-refractivity contribution in [3.05, 3.63) is 24.3 Å². The van der Waals surface area contributed by atoms with E-state index in [9.17, 15) is 9.90 Å². The summed E-state index contributed by atoms with van der Waals surface area (Å²) in [6, 6.07) is 7.01. The van der Waals surface area contributed by atoms with Gasteiger partial charge in [-0.3, -0.25) is 9.69 Å². The fourth-order valence-corrected chi connectivity index (χ4v) is 2.46. The van der Waals surface area contributed by atoms with Crippen LogP contribution in [0.4, 0.5) is 11.4 Å². The predicted octanol–water partition coefficient (Wildman–Crippen LogP) is 1.30. The molecule has 1 atom stereocenters. The van der Waals surface area contributed by atoms with E-state index in [1.165, 1.54) is 0 Å². The van der Waals surface area contributed by atoms with Crippen molar-refractivity contribution in [3.63, 3.8) is 0 Å². The van der Waals surface area contributed by atoms with E-state index in [-0.39, 0.29) is 18.1 Å². The molecule has 20 heavy (non-hydrogen) atoms. The first-order valence-corrected chi connectivity index (χ1v) is 7.01. The van der Waals surface area contributed by atoms with E-state index < -0.39 is 0 Å². The van der Waals surface area contributed by atoms with E-state index in [0.717, 1.165) is 19.4 Å². The molecule has 1 amide bonds. The number of aliphatic hydroxyl groups excluding tert-OH is 1. The molecule has 0 aliphatic heterocycles. The van der Waals surface area contributed by atoms with Gasteiger partial charge in [0.1, 0.15) is 0 Å². The lowest BCUT2D eigenvalue weighted by atomic mass is 9.82. The van der Waals surface area contributed by atoms with Gasteiger partial charge in [0.15, 0.2) is 0 Å². The lowest BCUT2D eigenvalue weighted by Gasteiger charge is -2.36. The molecule has 0 aromatic heterocycles. The first kappa shape index (κ1) is 14.8. The summed E-state index contributed by atoms with van der Waals surface area (Å²) in [5.41, 5.74) is 7.03. The van der Waals surface area contributed by atoms with Crippen LogP contribution >= 0.6 is 0 Å². The Morgan fingerprint density at radius 2 is 2.15 bits per heavy atom. The van der Waals surface area contributed by atoms with Crippen molar-refractivity contribution in [3.8, 4) is 0 Å². The first-order valence-electron chi connectivity index (χ1n) is 7.01. The molecule has 0 bridgehead atoms. The van der Waals surface area contributed by atoms with Crippen LogP contribution in [0.3, 0.4) is 0 Å². The molecule has 5 heteroatoms. The zero-order valence-corrected chi connectivity index (χ0v) is 12.0. The number of nitrogens with one attached hydrogen (secondary N) is 1. The minimum Gasteiger partial charge on any atom is -0.397 e. The highest BCUT2D eigenvalue weighted by molar-refractivity contribution is 5.96. The maximum absolute atomic E-state index is 12.2. The summed E-state index contributed by atoms with van der Waals surface area (Å²) in [6.07, 6.45) is 1.52. The van der Waals surface area contributed by atoms with E-state index in [1.807, 2.05) is 31.0 Å². The molecule has 0 heterocycles. The Balaban J connectivity index is 1.86. The Kier molecular flexibility index (Phi) is 4.62. The molecule has 1 saturated carbocycles. The van der Waals surface area contributed by atoms with Gasteiger partial charge in [0.25, 0.3) is 0 Å². The molecule has 110 valence electrons. The molecule has 1 aliphatic carbocycles. The van der Waals surface area contributed by atoms with Crippen molar-refractivity contribution in [2.24, 2.45) is 5.92 Å². The second-order valence-electron chi connectivity index (χ2n) is 5.68. The van der Waals surface area contributed by atoms with E-state index in [4.69, 9.17) is 5.73 Å². The van der Waals surface area contributed by atoms with Gasteiger partial charge in [-0.2, -0.15) is 0 Å². The summed E-state index contributed by atoms with van der Waals surface area (Å²) in [5, 5.41) is 12.1. The van der Waals surface area contributed by atoms with Crippen LogP contribution in [0.15, 0.2) is 24.3 Å². The van der Waals surface area contributed by atoms with E-state index in [0.29, 0.717) is 17.3 Å². The number of likely N-dealkylation sites (N-methyl/N-ethyl adjacent to an activating group) is 1. The minimum atomic E-state index is -0.229. The van der Waals surface area contributed by atoms with Crippen LogP contribution in [0.25, 0.3) is 0 Å². The van der Waals surface area contributed by atoms with Crippen LogP contribution in [0.1, 0.15) is 19.8 Å². The van der Waals surface area contributed by atoms with Crippen molar-refractivity contribution in [2.75, 3.05) is 24.6 Å². The predicted molar refractivity (Wildman–Crippen MR) is 80.3 cm³/mol. The number of para-hydroxylation sites is 2. The third-order valence-electron chi connectivity index (χ3n) is 4.02. The fourth-order valence-electron chi connectivity index (χ4n) is 2.46. The Morgan fingerprint density at radius 1 is 1.50 bits per heavy atom. The smallest absolute Gasteiger partial charge is 0.241 e. The SMILES string of the molecule is CC(C(=O)Nc1ccccc1N)N(C)CC1CC(O)C1. The highest BCUT2D eigenvalue weighted by atomic mass is 16.3. The van der Waals surface area contributed by atoms with Crippen LogP contribution in [-0.2, 0) is 4.79 Å². The number of nitrogens with zero attached hydrogens (tertiary/aromatic N) is 1. The van der Waals surface area contributed by atoms with E-state index >= 15 is 0 Å². The maximum Gasteiger partial charge on any atom is 0.241 e. The number of amides is 1. The molecule has 1 aromatic carbocycles. The molecule has 0 radical (unpaired) electrons. The molecule has 0 saturated heterocycles. The molecule has 1 aromatic rings. The van der Waals surface area contributed by atoms with Crippen LogP contribution in [0.5, 0.6) is 0 Å². The van der Waals surface area contributed by atoms with Gasteiger partial charge in [-0.25, -0.2) is 0 Å². The number of aliphatic hydroxyl groups is 1. The molecule has 1 aliphatic rings. The van der Waals surface area contributed by atoms with E-state index in [2.05, 4.69) is 5.32 Å². The van der Waals surface area contributed by atoms with Crippen molar-refractivity contribution in [1.82, 2.24) is 4.90 Å². The third-order valence-corrected chi connectivity index (χ3v) is 4.02. The molecular weight excluding hydrogens is 254 g/mol. The van der Waals surface area contributed by atoms with Gasteiger partial charge in [-0.1, -0.05) is 12.1 Å². The third kappa shape index (κ3) is 3.49. The average molecular weight is 277 g/mol. The standard InChI is InChI=1S/C15H23N3O2/c1-10(18(2)9-11-7-12(19)8-11)15(20)17-14-6-4-3-5-13(14)16/h3-6,10-12,19H,7-9,16H2,1-2H3,(H,17,20). The van der Waals surface area contributed by atoms with E-state index in [1.54, 1.807) is 12.1 Å². The molecule has 1 unspecified atom stereocenters. The summed E-state index contributed by atoms with van der Waals surface area (Å²) in [7, 11) is 1.93. The summed E-state index contributed by atoms with van der Waals surface area (Å²) in [6.45, 7) is 2.71. The number of hydrogen-bond acceptors (Lipinski definition) is 4. The fraction of sp³-hybridized carbons (Fsp3) is 0.533. The average Bonchev–Trinajstić information content (AvgIpc) is 2.38. The number of anilines is 2. The Labute approximate surface area is 119 Å². The normalized spacial score (nSPS) is 23.2. The molecule has 1 fully saturated rings. The number of nitrogens with two attached hydrogens (primary N) is 1. The molecular formula is C15H23N3O2. The molecule has 5 nitrogen and oxygen atoms in total. The summed E-state index contributed by atoms with van der Waals surface area (Å²) in [4.78, 5) is 14.2. The zero-order valence-electron chi connectivity index (χ0n) is 12.0. The Hall–Kier alpha value is -1.59.